The summed E-state index contributed by atoms with van der Waals surface area (Å²) in [6.07, 6.45) is 12.0. The molecule has 0 aliphatic heterocycles. The molecule has 1 heteroatoms. The summed E-state index contributed by atoms with van der Waals surface area (Å²) in [6.45, 7) is 8.30. The topological polar surface area (TPSA) is 12.0 Å². The van der Waals surface area contributed by atoms with Gasteiger partial charge < -0.3 is 5.32 Å². The highest BCUT2D eigenvalue weighted by Crippen LogP contribution is 2.57. The van der Waals surface area contributed by atoms with Gasteiger partial charge in [-0.15, -0.1) is 0 Å². The molecule has 4 rings (SSSR count). The number of hydrogen-bond donors (Lipinski definition) is 1. The molecule has 4 aliphatic carbocycles. The Labute approximate surface area is 126 Å². The molecule has 0 aromatic carbocycles. The minimum absolute atomic E-state index is 0.826. The summed E-state index contributed by atoms with van der Waals surface area (Å²) < 4.78 is 0. The smallest absolute Gasteiger partial charge is 0.0101 e. The number of hydrogen-bond acceptors (Lipinski definition) is 1. The van der Waals surface area contributed by atoms with Crippen molar-refractivity contribution in [3.63, 3.8) is 0 Å². The molecular weight excluding hydrogens is 242 g/mol. The van der Waals surface area contributed by atoms with Crippen molar-refractivity contribution < 1.29 is 0 Å². The zero-order chi connectivity index (χ0) is 14.1. The Hall–Kier alpha value is -0.0400. The highest BCUT2D eigenvalue weighted by Gasteiger charge is 2.50. The molecule has 0 radical (unpaired) electrons. The lowest BCUT2D eigenvalue weighted by atomic mass is 9.50. The van der Waals surface area contributed by atoms with E-state index in [1.54, 1.807) is 32.1 Å². The van der Waals surface area contributed by atoms with Crippen molar-refractivity contribution in [2.75, 3.05) is 6.54 Å². The summed E-state index contributed by atoms with van der Waals surface area (Å²) in [7, 11) is 0. The molecular formula is C19H35N. The maximum absolute atomic E-state index is 3.95. The van der Waals surface area contributed by atoms with Crippen LogP contribution in [0.2, 0.25) is 0 Å². The van der Waals surface area contributed by atoms with E-state index in [1.807, 2.05) is 0 Å². The van der Waals surface area contributed by atoms with Crippen LogP contribution in [0.1, 0.15) is 72.1 Å². The third kappa shape index (κ3) is 3.08. The SMILES string of the molecule is CCCNC(CCC(C)C)C1C2CC3CC(C2)CC1C3. The molecule has 4 aliphatic rings. The van der Waals surface area contributed by atoms with E-state index in [9.17, 15) is 0 Å². The maximum Gasteiger partial charge on any atom is 0.0101 e. The van der Waals surface area contributed by atoms with Crippen LogP contribution in [0.15, 0.2) is 0 Å². The quantitative estimate of drug-likeness (QED) is 0.700. The second-order valence-corrected chi connectivity index (χ2v) is 8.54. The first kappa shape index (κ1) is 14.9. The highest BCUT2D eigenvalue weighted by molar-refractivity contribution is 5.01. The van der Waals surface area contributed by atoms with Gasteiger partial charge in [0.1, 0.15) is 0 Å². The van der Waals surface area contributed by atoms with E-state index in [4.69, 9.17) is 0 Å². The summed E-state index contributed by atoms with van der Waals surface area (Å²) in [4.78, 5) is 0. The van der Waals surface area contributed by atoms with Crippen LogP contribution in [0.25, 0.3) is 0 Å². The molecule has 0 heterocycles. The van der Waals surface area contributed by atoms with Gasteiger partial charge in [0, 0.05) is 6.04 Å². The van der Waals surface area contributed by atoms with Crippen molar-refractivity contribution in [2.24, 2.45) is 35.5 Å². The van der Waals surface area contributed by atoms with Crippen molar-refractivity contribution in [1.82, 2.24) is 5.32 Å². The van der Waals surface area contributed by atoms with Gasteiger partial charge >= 0.3 is 0 Å². The fourth-order valence-corrected chi connectivity index (χ4v) is 5.90. The molecule has 116 valence electrons. The van der Waals surface area contributed by atoms with Gasteiger partial charge in [0.2, 0.25) is 0 Å². The summed E-state index contributed by atoms with van der Waals surface area (Å²) >= 11 is 0. The van der Waals surface area contributed by atoms with Crippen molar-refractivity contribution in [1.29, 1.82) is 0 Å². The van der Waals surface area contributed by atoms with Gasteiger partial charge in [0.05, 0.1) is 0 Å². The molecule has 0 saturated heterocycles. The Balaban J connectivity index is 1.66. The van der Waals surface area contributed by atoms with E-state index in [2.05, 4.69) is 26.1 Å². The van der Waals surface area contributed by atoms with Gasteiger partial charge in [-0.2, -0.15) is 0 Å². The van der Waals surface area contributed by atoms with Crippen LogP contribution >= 0.6 is 0 Å². The van der Waals surface area contributed by atoms with Crippen molar-refractivity contribution in [3.8, 4) is 0 Å². The second-order valence-electron chi connectivity index (χ2n) is 8.54. The van der Waals surface area contributed by atoms with E-state index in [0.717, 1.165) is 41.5 Å². The van der Waals surface area contributed by atoms with Crippen LogP contribution in [0.5, 0.6) is 0 Å². The van der Waals surface area contributed by atoms with Gasteiger partial charge in [-0.1, -0.05) is 20.8 Å². The molecule has 0 aromatic rings. The van der Waals surface area contributed by atoms with Crippen LogP contribution in [-0.4, -0.2) is 12.6 Å². The Morgan fingerprint density at radius 3 is 2.00 bits per heavy atom. The van der Waals surface area contributed by atoms with Gasteiger partial charge in [-0.3, -0.25) is 0 Å². The van der Waals surface area contributed by atoms with Crippen molar-refractivity contribution in [3.05, 3.63) is 0 Å². The summed E-state index contributed by atoms with van der Waals surface area (Å²) in [5, 5.41) is 3.95. The average molecular weight is 277 g/mol. The molecule has 4 bridgehead atoms. The third-order valence-corrected chi connectivity index (χ3v) is 6.48. The van der Waals surface area contributed by atoms with E-state index < -0.39 is 0 Å². The van der Waals surface area contributed by atoms with Gasteiger partial charge in [-0.05, 0) is 93.4 Å². The standard InChI is InChI=1S/C19H35N/c1-4-7-20-18(6-5-13(2)3)19-16-9-14-8-15(11-16)12-17(19)10-14/h13-20H,4-12H2,1-3H3. The van der Waals surface area contributed by atoms with Crippen molar-refractivity contribution >= 4 is 0 Å². The molecule has 0 aromatic heterocycles. The molecule has 4 fully saturated rings. The third-order valence-electron chi connectivity index (χ3n) is 6.48. The predicted molar refractivity (Wildman–Crippen MR) is 86.7 cm³/mol. The highest BCUT2D eigenvalue weighted by atomic mass is 14.9. The molecule has 4 saturated carbocycles. The second kappa shape index (κ2) is 6.38. The lowest BCUT2D eigenvalue weighted by molar-refractivity contribution is -0.0534. The number of rotatable bonds is 7. The monoisotopic (exact) mass is 277 g/mol. The zero-order valence-corrected chi connectivity index (χ0v) is 13.9. The Morgan fingerprint density at radius 1 is 0.900 bits per heavy atom. The Morgan fingerprint density at radius 2 is 1.50 bits per heavy atom. The van der Waals surface area contributed by atoms with Gasteiger partial charge in [0.25, 0.3) is 0 Å². The van der Waals surface area contributed by atoms with E-state index in [-0.39, 0.29) is 0 Å². The van der Waals surface area contributed by atoms with Crippen LogP contribution in [-0.2, 0) is 0 Å². The van der Waals surface area contributed by atoms with Crippen molar-refractivity contribution in [2.45, 2.75) is 78.2 Å². The molecule has 0 spiro atoms. The fraction of sp³-hybridized carbons (Fsp3) is 1.00. The van der Waals surface area contributed by atoms with Gasteiger partial charge in [0.15, 0.2) is 0 Å². The summed E-state index contributed by atoms with van der Waals surface area (Å²) in [5.74, 6) is 6.27. The first-order chi connectivity index (χ1) is 9.67. The largest absolute Gasteiger partial charge is 0.314 e. The first-order valence-electron chi connectivity index (χ1n) is 9.40. The molecule has 1 N–H and O–H groups in total. The summed E-state index contributed by atoms with van der Waals surface area (Å²) in [6, 6.07) is 0.826. The average Bonchev–Trinajstić information content (AvgIpc) is 2.39. The summed E-state index contributed by atoms with van der Waals surface area (Å²) in [5.41, 5.74) is 0. The zero-order valence-electron chi connectivity index (χ0n) is 13.9. The minimum atomic E-state index is 0.826. The molecule has 1 nitrogen and oxygen atoms in total. The molecule has 1 atom stereocenters. The normalized spacial score (nSPS) is 40.5. The van der Waals surface area contributed by atoms with Crippen LogP contribution in [0.4, 0.5) is 0 Å². The van der Waals surface area contributed by atoms with E-state index in [0.29, 0.717) is 0 Å². The Bertz CT molecular complexity index is 281. The van der Waals surface area contributed by atoms with E-state index >= 15 is 0 Å². The molecule has 20 heavy (non-hydrogen) atoms. The van der Waals surface area contributed by atoms with Crippen LogP contribution < -0.4 is 5.32 Å². The Kier molecular flexibility index (Phi) is 4.75. The molecule has 0 amide bonds. The maximum atomic E-state index is 3.95. The van der Waals surface area contributed by atoms with Crippen LogP contribution in [0, 0.1) is 35.5 Å². The first-order valence-corrected chi connectivity index (χ1v) is 9.40. The lowest BCUT2D eigenvalue weighted by Crippen LogP contribution is -2.53. The molecule has 1 unspecified atom stereocenters. The minimum Gasteiger partial charge on any atom is -0.314 e. The number of nitrogens with one attached hydrogen (secondary N) is 1. The predicted octanol–water partition coefficient (Wildman–Crippen LogP) is 4.86. The van der Waals surface area contributed by atoms with Gasteiger partial charge in [-0.25, -0.2) is 0 Å². The van der Waals surface area contributed by atoms with E-state index in [1.165, 1.54) is 25.8 Å². The lowest BCUT2D eigenvalue weighted by Gasteiger charge is -2.56. The fourth-order valence-electron chi connectivity index (χ4n) is 5.90. The van der Waals surface area contributed by atoms with Crippen LogP contribution in [0.3, 0.4) is 0 Å².